The molecule has 2 amide bonds. The van der Waals surface area contributed by atoms with Crippen molar-refractivity contribution >= 4 is 11.8 Å². The lowest BCUT2D eigenvalue weighted by molar-refractivity contribution is -0.142. The number of amides is 2. The second-order valence-corrected chi connectivity index (χ2v) is 4.78. The van der Waals surface area contributed by atoms with E-state index in [-0.39, 0.29) is 31.4 Å². The van der Waals surface area contributed by atoms with Crippen molar-refractivity contribution in [3.63, 3.8) is 0 Å². The van der Waals surface area contributed by atoms with Gasteiger partial charge in [-0.3, -0.25) is 19.5 Å². The lowest BCUT2D eigenvalue weighted by Gasteiger charge is -2.20. The van der Waals surface area contributed by atoms with Crippen molar-refractivity contribution in [3.05, 3.63) is 30.1 Å². The van der Waals surface area contributed by atoms with E-state index in [4.69, 9.17) is 4.74 Å². The van der Waals surface area contributed by atoms with Crippen molar-refractivity contribution < 1.29 is 14.3 Å². The van der Waals surface area contributed by atoms with Crippen LogP contribution in [0.5, 0.6) is 0 Å². The van der Waals surface area contributed by atoms with Gasteiger partial charge in [-0.1, -0.05) is 6.07 Å². The highest BCUT2D eigenvalue weighted by Crippen LogP contribution is 2.33. The third-order valence-electron chi connectivity index (χ3n) is 3.11. The van der Waals surface area contributed by atoms with Crippen LogP contribution in [-0.2, 0) is 20.9 Å². The topological polar surface area (TPSA) is 59.5 Å². The number of hydrogen-bond acceptors (Lipinski definition) is 4. The summed E-state index contributed by atoms with van der Waals surface area (Å²) in [4.78, 5) is 29.5. The van der Waals surface area contributed by atoms with E-state index >= 15 is 0 Å². The molecule has 1 atom stereocenters. The number of ether oxygens (including phenoxy) is 1. The molecule has 0 saturated carbocycles. The first-order valence-corrected chi connectivity index (χ1v) is 5.80. The summed E-state index contributed by atoms with van der Waals surface area (Å²) in [5, 5.41) is 0. The largest absolute Gasteiger partial charge is 0.384 e. The van der Waals surface area contributed by atoms with Gasteiger partial charge in [-0.05, 0) is 19.1 Å². The first kappa shape index (κ1) is 12.7. The maximum absolute atomic E-state index is 12.2. The molecule has 1 fully saturated rings. The monoisotopic (exact) mass is 248 g/mol. The highest BCUT2D eigenvalue weighted by molar-refractivity contribution is 6.05. The van der Waals surface area contributed by atoms with Crippen LogP contribution in [0.4, 0.5) is 0 Å². The van der Waals surface area contributed by atoms with Crippen molar-refractivity contribution in [1.82, 2.24) is 9.88 Å². The molecule has 0 aromatic carbocycles. The Morgan fingerprint density at radius 1 is 1.44 bits per heavy atom. The summed E-state index contributed by atoms with van der Waals surface area (Å²) in [6.07, 6.45) is 1.85. The molecule has 0 aliphatic carbocycles. The summed E-state index contributed by atoms with van der Waals surface area (Å²) < 4.78 is 5.03. The van der Waals surface area contributed by atoms with Crippen LogP contribution in [0.2, 0.25) is 0 Å². The van der Waals surface area contributed by atoms with Gasteiger partial charge >= 0.3 is 0 Å². The highest BCUT2D eigenvalue weighted by Gasteiger charge is 2.48. The molecule has 1 saturated heterocycles. The van der Waals surface area contributed by atoms with E-state index in [0.717, 1.165) is 0 Å². The van der Waals surface area contributed by atoms with Crippen LogP contribution in [0.25, 0.3) is 0 Å². The van der Waals surface area contributed by atoms with Crippen molar-refractivity contribution in [2.75, 3.05) is 13.7 Å². The number of rotatable bonds is 4. The van der Waals surface area contributed by atoms with Crippen LogP contribution in [0.1, 0.15) is 19.0 Å². The van der Waals surface area contributed by atoms with Crippen LogP contribution in [0.3, 0.4) is 0 Å². The van der Waals surface area contributed by atoms with E-state index in [1.165, 1.54) is 12.0 Å². The molecule has 1 aromatic heterocycles. The average molecular weight is 248 g/mol. The molecule has 1 unspecified atom stereocenters. The molecule has 2 heterocycles. The zero-order valence-corrected chi connectivity index (χ0v) is 10.5. The SMILES string of the molecule is COCC1(C)CC(=O)N(Cc2ccccn2)C1=O. The number of aromatic nitrogens is 1. The second kappa shape index (κ2) is 4.86. The molecular formula is C13H16N2O3. The van der Waals surface area contributed by atoms with Gasteiger partial charge < -0.3 is 4.74 Å². The number of likely N-dealkylation sites (tertiary alicyclic amines) is 1. The minimum absolute atomic E-state index is 0.162. The molecule has 18 heavy (non-hydrogen) atoms. The fourth-order valence-corrected chi connectivity index (χ4v) is 2.19. The van der Waals surface area contributed by atoms with Crippen LogP contribution >= 0.6 is 0 Å². The summed E-state index contributed by atoms with van der Waals surface area (Å²) in [6.45, 7) is 2.25. The highest BCUT2D eigenvalue weighted by atomic mass is 16.5. The smallest absolute Gasteiger partial charge is 0.238 e. The molecule has 1 aliphatic rings. The minimum atomic E-state index is -0.736. The van der Waals surface area contributed by atoms with Gasteiger partial charge in [0.05, 0.1) is 24.3 Å². The maximum Gasteiger partial charge on any atom is 0.238 e. The summed E-state index contributed by atoms with van der Waals surface area (Å²) in [5.74, 6) is -0.342. The lowest BCUT2D eigenvalue weighted by atomic mass is 9.90. The van der Waals surface area contributed by atoms with Crippen molar-refractivity contribution in [2.24, 2.45) is 5.41 Å². The zero-order valence-electron chi connectivity index (χ0n) is 10.5. The molecule has 2 rings (SSSR count). The summed E-state index contributed by atoms with van der Waals surface area (Å²) in [7, 11) is 1.53. The number of hydrogen-bond donors (Lipinski definition) is 0. The molecule has 5 nitrogen and oxygen atoms in total. The Balaban J connectivity index is 2.15. The number of nitrogens with zero attached hydrogens (tertiary/aromatic N) is 2. The molecular weight excluding hydrogens is 232 g/mol. The van der Waals surface area contributed by atoms with Crippen LogP contribution < -0.4 is 0 Å². The molecule has 5 heteroatoms. The normalized spacial score (nSPS) is 23.8. The van der Waals surface area contributed by atoms with Gasteiger partial charge in [-0.2, -0.15) is 0 Å². The molecule has 1 aliphatic heterocycles. The van der Waals surface area contributed by atoms with E-state index in [9.17, 15) is 9.59 Å². The van der Waals surface area contributed by atoms with Gasteiger partial charge in [0.1, 0.15) is 0 Å². The third kappa shape index (κ3) is 2.26. The Hall–Kier alpha value is -1.75. The molecule has 1 aromatic rings. The van der Waals surface area contributed by atoms with Crippen LogP contribution in [0, 0.1) is 5.41 Å². The van der Waals surface area contributed by atoms with E-state index in [0.29, 0.717) is 5.69 Å². The van der Waals surface area contributed by atoms with Gasteiger partial charge in [0, 0.05) is 19.7 Å². The standard InChI is InChI=1S/C13H16N2O3/c1-13(9-18-2)7-11(16)15(12(13)17)8-10-5-3-4-6-14-10/h3-6H,7-9H2,1-2H3. The number of methoxy groups -OCH3 is 1. The van der Waals surface area contributed by atoms with Gasteiger partial charge in [0.2, 0.25) is 11.8 Å². The van der Waals surface area contributed by atoms with Crippen molar-refractivity contribution in [1.29, 1.82) is 0 Å². The van der Waals surface area contributed by atoms with Crippen LogP contribution in [-0.4, -0.2) is 35.4 Å². The van der Waals surface area contributed by atoms with E-state index in [1.807, 2.05) is 6.07 Å². The number of carbonyl (C=O) groups excluding carboxylic acids is 2. The third-order valence-corrected chi connectivity index (χ3v) is 3.11. The Labute approximate surface area is 106 Å². The van der Waals surface area contributed by atoms with Gasteiger partial charge in [0.15, 0.2) is 0 Å². The quantitative estimate of drug-likeness (QED) is 0.746. The van der Waals surface area contributed by atoms with Gasteiger partial charge in [0.25, 0.3) is 0 Å². The first-order valence-electron chi connectivity index (χ1n) is 5.80. The summed E-state index contributed by atoms with van der Waals surface area (Å²) >= 11 is 0. The molecule has 0 spiro atoms. The summed E-state index contributed by atoms with van der Waals surface area (Å²) in [5.41, 5.74) is -0.0264. The fraction of sp³-hybridized carbons (Fsp3) is 0.462. The lowest BCUT2D eigenvalue weighted by Crippen LogP contribution is -2.36. The summed E-state index contributed by atoms with van der Waals surface area (Å²) in [6, 6.07) is 5.43. The minimum Gasteiger partial charge on any atom is -0.384 e. The Morgan fingerprint density at radius 2 is 2.22 bits per heavy atom. The van der Waals surface area contributed by atoms with Crippen LogP contribution in [0.15, 0.2) is 24.4 Å². The molecule has 96 valence electrons. The van der Waals surface area contributed by atoms with Crippen molar-refractivity contribution in [3.8, 4) is 0 Å². The fourth-order valence-electron chi connectivity index (χ4n) is 2.19. The van der Waals surface area contributed by atoms with Gasteiger partial charge in [-0.15, -0.1) is 0 Å². The van der Waals surface area contributed by atoms with Crippen molar-refractivity contribution in [2.45, 2.75) is 19.9 Å². The predicted molar refractivity (Wildman–Crippen MR) is 64.4 cm³/mol. The first-order chi connectivity index (χ1) is 8.57. The Morgan fingerprint density at radius 3 is 2.83 bits per heavy atom. The van der Waals surface area contributed by atoms with E-state index in [1.54, 1.807) is 25.3 Å². The molecule has 0 radical (unpaired) electrons. The maximum atomic E-state index is 12.2. The second-order valence-electron chi connectivity index (χ2n) is 4.78. The predicted octanol–water partition coefficient (Wildman–Crippen LogP) is 0.993. The zero-order chi connectivity index (χ0) is 13.2. The average Bonchev–Trinajstić information content (AvgIpc) is 2.55. The Bertz CT molecular complexity index is 461. The number of pyridine rings is 1. The van der Waals surface area contributed by atoms with E-state index in [2.05, 4.69) is 4.98 Å². The van der Waals surface area contributed by atoms with E-state index < -0.39 is 5.41 Å². The Kier molecular flexibility index (Phi) is 3.43. The number of imide groups is 1. The molecule has 0 bridgehead atoms. The number of carbonyl (C=O) groups is 2. The molecule has 0 N–H and O–H groups in total. The van der Waals surface area contributed by atoms with Gasteiger partial charge in [-0.25, -0.2) is 0 Å².